The number of hydrogen-bond donors (Lipinski definition) is 2. The molecule has 0 bridgehead atoms. The lowest BCUT2D eigenvalue weighted by Crippen LogP contribution is -2.25. The number of hydrogen-bond acceptors (Lipinski definition) is 8. The van der Waals surface area contributed by atoms with Crippen LogP contribution in [0, 0.1) is 5.82 Å². The number of aliphatic hydroxyl groups is 1. The van der Waals surface area contributed by atoms with Gasteiger partial charge >= 0.3 is 0 Å². The highest BCUT2D eigenvalue weighted by Gasteiger charge is 2.21. The molecule has 0 aliphatic carbocycles. The summed E-state index contributed by atoms with van der Waals surface area (Å²) in [5, 5.41) is 18.0. The molecule has 0 aliphatic heterocycles. The van der Waals surface area contributed by atoms with Crippen molar-refractivity contribution in [3.8, 4) is 16.9 Å². The van der Waals surface area contributed by atoms with E-state index in [2.05, 4.69) is 20.4 Å². The van der Waals surface area contributed by atoms with Gasteiger partial charge < -0.3 is 19.9 Å². The van der Waals surface area contributed by atoms with Crippen LogP contribution < -0.4 is 16.4 Å². The lowest BCUT2D eigenvalue weighted by Gasteiger charge is -2.20. The van der Waals surface area contributed by atoms with E-state index in [0.29, 0.717) is 27.9 Å². The number of rotatable bonds is 6. The summed E-state index contributed by atoms with van der Waals surface area (Å²) in [6.45, 7) is 5.33. The third-order valence-electron chi connectivity index (χ3n) is 7.27. The lowest BCUT2D eigenvalue weighted by atomic mass is 9.86. The molecule has 0 radical (unpaired) electrons. The number of aromatic nitrogens is 5. The number of nitrogens with one attached hydrogen (secondary N) is 1. The van der Waals surface area contributed by atoms with Crippen LogP contribution >= 0.6 is 0 Å². The fraction of sp³-hybridized carbons (Fsp3) is 0.250. The molecule has 2 N–H and O–H groups in total. The average Bonchev–Trinajstić information content (AvgIpc) is 2.98. The first-order valence-electron chi connectivity index (χ1n) is 13.8. The molecule has 12 heteroatoms. The van der Waals surface area contributed by atoms with Crippen LogP contribution in [0.25, 0.3) is 27.7 Å². The van der Waals surface area contributed by atoms with Gasteiger partial charge in [-0.2, -0.15) is 9.78 Å². The van der Waals surface area contributed by atoms with Crippen LogP contribution in [0.4, 0.5) is 15.9 Å². The fourth-order valence-corrected chi connectivity index (χ4v) is 4.85. The van der Waals surface area contributed by atoms with Gasteiger partial charge in [0.25, 0.3) is 17.0 Å². The van der Waals surface area contributed by atoms with Crippen LogP contribution in [0.5, 0.6) is 0 Å². The number of fused-ring (bicyclic) bond motifs is 1. The maximum Gasteiger partial charge on any atom is 0.283 e. The summed E-state index contributed by atoms with van der Waals surface area (Å²) in [4.78, 5) is 48.8. The predicted molar refractivity (Wildman–Crippen MR) is 166 cm³/mol. The molecule has 1 amide bonds. The maximum absolute atomic E-state index is 15.3. The van der Waals surface area contributed by atoms with E-state index in [0.717, 1.165) is 10.2 Å². The molecule has 1 aromatic carbocycles. The van der Waals surface area contributed by atoms with Crippen molar-refractivity contribution in [3.63, 3.8) is 0 Å². The molecule has 5 aromatic rings. The Balaban J connectivity index is 1.59. The Morgan fingerprint density at radius 1 is 1.05 bits per heavy atom. The Morgan fingerprint density at radius 2 is 1.80 bits per heavy atom. The van der Waals surface area contributed by atoms with E-state index in [9.17, 15) is 19.5 Å². The van der Waals surface area contributed by atoms with Crippen molar-refractivity contribution < 1.29 is 14.3 Å². The van der Waals surface area contributed by atoms with Crippen LogP contribution in [-0.2, 0) is 19.1 Å². The minimum Gasteiger partial charge on any atom is -0.392 e. The van der Waals surface area contributed by atoms with Gasteiger partial charge in [-0.3, -0.25) is 14.4 Å². The number of nitrogens with zero attached hydrogens (tertiary/aromatic N) is 6. The minimum atomic E-state index is -0.718. The molecular weight excluding hydrogens is 565 g/mol. The zero-order chi connectivity index (χ0) is 31.9. The van der Waals surface area contributed by atoms with Crippen LogP contribution in [-0.4, -0.2) is 54.3 Å². The van der Waals surface area contributed by atoms with Gasteiger partial charge in [0.1, 0.15) is 17.3 Å². The van der Waals surface area contributed by atoms with E-state index >= 15 is 4.39 Å². The van der Waals surface area contributed by atoms with Crippen molar-refractivity contribution >= 4 is 28.2 Å². The number of anilines is 2. The predicted octanol–water partition coefficient (Wildman–Crippen LogP) is 3.92. The summed E-state index contributed by atoms with van der Waals surface area (Å²) in [5.74, 6) is -0.501. The molecule has 0 atom stereocenters. The van der Waals surface area contributed by atoms with Gasteiger partial charge in [-0.1, -0.05) is 20.8 Å². The number of carbonyl (C=O) groups is 1. The Bertz CT molecular complexity index is 2030. The first kappa shape index (κ1) is 30.2. The number of halogens is 1. The fourth-order valence-electron chi connectivity index (χ4n) is 4.85. The van der Waals surface area contributed by atoms with Crippen LogP contribution in [0.1, 0.15) is 42.3 Å². The summed E-state index contributed by atoms with van der Waals surface area (Å²) >= 11 is 0. The molecule has 0 unspecified atom stereocenters. The van der Waals surface area contributed by atoms with Crippen LogP contribution in [0.3, 0.4) is 0 Å². The van der Waals surface area contributed by atoms with E-state index in [1.807, 2.05) is 20.8 Å². The van der Waals surface area contributed by atoms with Crippen molar-refractivity contribution in [1.29, 1.82) is 0 Å². The number of amides is 1. The van der Waals surface area contributed by atoms with E-state index < -0.39 is 18.0 Å². The highest BCUT2D eigenvalue weighted by atomic mass is 19.1. The highest BCUT2D eigenvalue weighted by Crippen LogP contribution is 2.30. The molecule has 44 heavy (non-hydrogen) atoms. The van der Waals surface area contributed by atoms with Crippen LogP contribution in [0.2, 0.25) is 0 Å². The van der Waals surface area contributed by atoms with Gasteiger partial charge in [-0.05, 0) is 52.9 Å². The van der Waals surface area contributed by atoms with Crippen LogP contribution in [0.15, 0.2) is 70.8 Å². The standard InChI is InChI=1S/C32H32FN7O4/c1-32(2,3)21-11-19-15-36-40(31(44)27(19)24(33)13-21)28-23(17-41)22(9-10-34-28)20-12-25(30(43)39(6)16-20)37-26-8-7-18(14-35-26)29(42)38(4)5/h7-16,41H,17H2,1-6H3,(H,35,37). The van der Waals surface area contributed by atoms with E-state index in [4.69, 9.17) is 0 Å². The Kier molecular flexibility index (Phi) is 7.87. The van der Waals surface area contributed by atoms with Crippen molar-refractivity contribution in [2.24, 2.45) is 7.05 Å². The molecule has 0 fully saturated rings. The Labute approximate surface area is 252 Å². The maximum atomic E-state index is 15.3. The van der Waals surface area contributed by atoms with Gasteiger partial charge in [0.15, 0.2) is 5.82 Å². The second-order valence-electron chi connectivity index (χ2n) is 11.7. The van der Waals surface area contributed by atoms with Gasteiger partial charge in [-0.25, -0.2) is 14.4 Å². The molecule has 0 spiro atoms. The number of aliphatic hydroxyl groups excluding tert-OH is 1. The normalized spacial score (nSPS) is 11.5. The van der Waals surface area contributed by atoms with Gasteiger partial charge in [-0.15, -0.1) is 0 Å². The Morgan fingerprint density at radius 3 is 2.43 bits per heavy atom. The smallest absolute Gasteiger partial charge is 0.283 e. The number of pyridine rings is 3. The van der Waals surface area contributed by atoms with E-state index in [1.54, 1.807) is 57.7 Å². The first-order valence-corrected chi connectivity index (χ1v) is 13.8. The second kappa shape index (κ2) is 11.5. The summed E-state index contributed by atoms with van der Waals surface area (Å²) in [5.41, 5.74) is 1.16. The quantitative estimate of drug-likeness (QED) is 0.301. The molecule has 0 saturated heterocycles. The highest BCUT2D eigenvalue weighted by molar-refractivity contribution is 5.93. The minimum absolute atomic E-state index is 0.0300. The monoisotopic (exact) mass is 597 g/mol. The zero-order valence-corrected chi connectivity index (χ0v) is 25.2. The molecule has 226 valence electrons. The third-order valence-corrected chi connectivity index (χ3v) is 7.27. The number of carbonyl (C=O) groups excluding carboxylic acids is 1. The van der Waals surface area contributed by atoms with E-state index in [1.165, 1.54) is 34.1 Å². The first-order chi connectivity index (χ1) is 20.8. The SMILES string of the molecule is CN(C)C(=O)c1ccc(Nc2cc(-c3ccnc(-n4ncc5cc(C(C)(C)C)cc(F)c5c4=O)c3CO)cn(C)c2=O)nc1. The van der Waals surface area contributed by atoms with E-state index in [-0.39, 0.29) is 39.3 Å². The number of aryl methyl sites for hydroxylation is 1. The van der Waals surface area contributed by atoms with Crippen molar-refractivity contribution in [2.45, 2.75) is 32.8 Å². The zero-order valence-electron chi connectivity index (χ0n) is 25.2. The molecule has 5 rings (SSSR count). The summed E-state index contributed by atoms with van der Waals surface area (Å²) in [6.07, 6.45) is 5.85. The molecule has 4 heterocycles. The molecule has 0 saturated carbocycles. The van der Waals surface area contributed by atoms with Crippen molar-refractivity contribution in [3.05, 3.63) is 104 Å². The molecular formula is C32H32FN7O4. The third kappa shape index (κ3) is 5.59. The second-order valence-corrected chi connectivity index (χ2v) is 11.7. The lowest BCUT2D eigenvalue weighted by molar-refractivity contribution is 0.0827. The Hall–Kier alpha value is -5.23. The van der Waals surface area contributed by atoms with Gasteiger partial charge in [0, 0.05) is 56.2 Å². The summed E-state index contributed by atoms with van der Waals surface area (Å²) < 4.78 is 17.6. The average molecular weight is 598 g/mol. The molecule has 4 aromatic heterocycles. The largest absolute Gasteiger partial charge is 0.392 e. The molecule has 0 aliphatic rings. The molecule has 11 nitrogen and oxygen atoms in total. The van der Waals surface area contributed by atoms with Gasteiger partial charge in [0.2, 0.25) is 0 Å². The number of benzene rings is 1. The van der Waals surface area contributed by atoms with Crippen molar-refractivity contribution in [1.82, 2.24) is 29.2 Å². The van der Waals surface area contributed by atoms with Gasteiger partial charge in [0.05, 0.1) is 23.8 Å². The summed E-state index contributed by atoms with van der Waals surface area (Å²) in [6, 6.07) is 9.52. The van der Waals surface area contributed by atoms with Crippen molar-refractivity contribution in [2.75, 3.05) is 19.4 Å². The summed E-state index contributed by atoms with van der Waals surface area (Å²) in [7, 11) is 4.86. The topological polar surface area (TPSA) is 135 Å².